The van der Waals surface area contributed by atoms with Crippen molar-refractivity contribution in [3.8, 4) is 0 Å². The number of hydrogen-bond donors (Lipinski definition) is 2. The second kappa shape index (κ2) is 6.54. The molecule has 0 fully saturated rings. The fourth-order valence-corrected chi connectivity index (χ4v) is 5.03. The number of hydrogen-bond acceptors (Lipinski definition) is 3. The van der Waals surface area contributed by atoms with Crippen LogP contribution in [0.3, 0.4) is 0 Å². The lowest BCUT2D eigenvalue weighted by Gasteiger charge is -2.32. The number of aliphatic hydroxyl groups is 1. The Morgan fingerprint density at radius 2 is 1.88 bits per heavy atom. The summed E-state index contributed by atoms with van der Waals surface area (Å²) in [5.74, 6) is -0.146. The normalized spacial score (nSPS) is 20.2. The molecule has 3 aromatic rings. The van der Waals surface area contributed by atoms with Gasteiger partial charge < -0.3 is 9.67 Å². The Balaban J connectivity index is 1.76. The molecule has 1 aromatic heterocycles. The molecule has 0 saturated heterocycles. The molecule has 0 aliphatic carbocycles. The standard InChI is InChI=1S/C20H22N2O3S/c1-14-6-8-17(9-7-14)26(24,25)21-20-16(13-23)10-11-22-18-5-3-2-4-15(18)12-19(20)22/h2-9,12,16,20-21,23H,10-11,13H2,1H3/t16-,20+/m0/s1. The summed E-state index contributed by atoms with van der Waals surface area (Å²) in [6.07, 6.45) is 0.725. The number of nitrogens with zero attached hydrogens (tertiary/aromatic N) is 1. The number of aliphatic hydroxyl groups excluding tert-OH is 1. The zero-order chi connectivity index (χ0) is 18.3. The molecule has 0 saturated carbocycles. The molecule has 6 heteroatoms. The maximum atomic E-state index is 12.9. The van der Waals surface area contributed by atoms with Crippen molar-refractivity contribution in [3.05, 3.63) is 65.9 Å². The molecular formula is C20H22N2O3S. The summed E-state index contributed by atoms with van der Waals surface area (Å²) in [5, 5.41) is 10.9. The lowest BCUT2D eigenvalue weighted by Crippen LogP contribution is -2.39. The molecule has 0 spiro atoms. The minimum Gasteiger partial charge on any atom is -0.396 e. The van der Waals surface area contributed by atoms with Gasteiger partial charge in [0.1, 0.15) is 0 Å². The molecule has 2 heterocycles. The van der Waals surface area contributed by atoms with Gasteiger partial charge in [-0.05, 0) is 43.0 Å². The summed E-state index contributed by atoms with van der Waals surface area (Å²) in [6.45, 7) is 2.64. The molecule has 0 bridgehead atoms. The van der Waals surface area contributed by atoms with Crippen molar-refractivity contribution in [1.29, 1.82) is 0 Å². The second-order valence-corrected chi connectivity index (χ2v) is 8.64. The first-order chi connectivity index (χ1) is 12.5. The molecule has 2 atom stereocenters. The van der Waals surface area contributed by atoms with Crippen LogP contribution in [0.1, 0.15) is 23.7 Å². The van der Waals surface area contributed by atoms with Crippen LogP contribution in [0.25, 0.3) is 10.9 Å². The summed E-state index contributed by atoms with van der Waals surface area (Å²) >= 11 is 0. The van der Waals surface area contributed by atoms with E-state index in [0.717, 1.165) is 35.1 Å². The Bertz CT molecular complexity index is 1040. The Morgan fingerprint density at radius 1 is 1.15 bits per heavy atom. The average Bonchev–Trinajstić information content (AvgIpc) is 3.01. The van der Waals surface area contributed by atoms with Gasteiger partial charge >= 0.3 is 0 Å². The Labute approximate surface area is 153 Å². The number of sulfonamides is 1. The quantitative estimate of drug-likeness (QED) is 0.742. The summed E-state index contributed by atoms with van der Waals surface area (Å²) < 4.78 is 30.8. The molecule has 2 N–H and O–H groups in total. The molecule has 5 nitrogen and oxygen atoms in total. The van der Waals surface area contributed by atoms with E-state index in [-0.39, 0.29) is 17.4 Å². The third-order valence-electron chi connectivity index (χ3n) is 5.20. The zero-order valence-electron chi connectivity index (χ0n) is 14.6. The average molecular weight is 370 g/mol. The van der Waals surface area contributed by atoms with Gasteiger partial charge in [-0.15, -0.1) is 0 Å². The van der Waals surface area contributed by atoms with Crippen LogP contribution in [0.15, 0.2) is 59.5 Å². The monoisotopic (exact) mass is 370 g/mol. The third-order valence-corrected chi connectivity index (χ3v) is 6.66. The first-order valence-corrected chi connectivity index (χ1v) is 10.3. The van der Waals surface area contributed by atoms with Crippen LogP contribution in [0.2, 0.25) is 0 Å². The van der Waals surface area contributed by atoms with Gasteiger partial charge in [0, 0.05) is 30.3 Å². The zero-order valence-corrected chi connectivity index (χ0v) is 15.4. The van der Waals surface area contributed by atoms with Crippen LogP contribution >= 0.6 is 0 Å². The molecule has 0 amide bonds. The topological polar surface area (TPSA) is 71.3 Å². The molecule has 1 aliphatic rings. The number of nitrogens with one attached hydrogen (secondary N) is 1. The largest absolute Gasteiger partial charge is 0.396 e. The van der Waals surface area contributed by atoms with E-state index >= 15 is 0 Å². The predicted molar refractivity (Wildman–Crippen MR) is 101 cm³/mol. The van der Waals surface area contributed by atoms with Crippen LogP contribution in [0.5, 0.6) is 0 Å². The summed E-state index contributed by atoms with van der Waals surface area (Å²) in [5.41, 5.74) is 3.01. The van der Waals surface area contributed by atoms with Gasteiger partial charge in [-0.1, -0.05) is 35.9 Å². The lowest BCUT2D eigenvalue weighted by molar-refractivity contribution is 0.169. The summed E-state index contributed by atoms with van der Waals surface area (Å²) in [6, 6.07) is 16.4. The maximum Gasteiger partial charge on any atom is 0.241 e. The van der Waals surface area contributed by atoms with Crippen LogP contribution in [0.4, 0.5) is 0 Å². The molecule has 0 unspecified atom stereocenters. The Morgan fingerprint density at radius 3 is 2.62 bits per heavy atom. The van der Waals surface area contributed by atoms with Gasteiger partial charge in [0.15, 0.2) is 0 Å². The van der Waals surface area contributed by atoms with Gasteiger partial charge in [-0.25, -0.2) is 13.1 Å². The van der Waals surface area contributed by atoms with E-state index in [1.165, 1.54) is 0 Å². The van der Waals surface area contributed by atoms with Crippen LogP contribution < -0.4 is 4.72 Å². The van der Waals surface area contributed by atoms with Crippen molar-refractivity contribution in [2.45, 2.75) is 30.8 Å². The second-order valence-electron chi connectivity index (χ2n) is 6.92. The summed E-state index contributed by atoms with van der Waals surface area (Å²) in [4.78, 5) is 0.244. The molecule has 136 valence electrons. The minimum absolute atomic E-state index is 0.0530. The van der Waals surface area contributed by atoms with Crippen molar-refractivity contribution in [3.63, 3.8) is 0 Å². The van der Waals surface area contributed by atoms with Crippen molar-refractivity contribution in [2.75, 3.05) is 6.61 Å². The molecule has 1 aliphatic heterocycles. The Hall–Kier alpha value is -2.15. The first kappa shape index (κ1) is 17.3. The van der Waals surface area contributed by atoms with Crippen LogP contribution in [0, 0.1) is 12.8 Å². The smallest absolute Gasteiger partial charge is 0.241 e. The van der Waals surface area contributed by atoms with Crippen molar-refractivity contribution in [1.82, 2.24) is 9.29 Å². The highest BCUT2D eigenvalue weighted by molar-refractivity contribution is 7.89. The number of benzene rings is 2. The minimum atomic E-state index is -3.67. The first-order valence-electron chi connectivity index (χ1n) is 8.77. The lowest BCUT2D eigenvalue weighted by atomic mass is 9.92. The van der Waals surface area contributed by atoms with Gasteiger partial charge in [-0.3, -0.25) is 0 Å². The molecule has 2 aromatic carbocycles. The number of aromatic nitrogens is 1. The predicted octanol–water partition coefficient (Wildman–Crippen LogP) is 2.98. The number of fused-ring (bicyclic) bond motifs is 3. The highest BCUT2D eigenvalue weighted by Gasteiger charge is 2.34. The maximum absolute atomic E-state index is 12.9. The van der Waals surface area contributed by atoms with Gasteiger partial charge in [0.2, 0.25) is 10.0 Å². The van der Waals surface area contributed by atoms with Gasteiger partial charge in [0.25, 0.3) is 0 Å². The SMILES string of the molecule is Cc1ccc(S(=O)(=O)N[C@H]2c3cc4ccccc4n3CC[C@H]2CO)cc1. The van der Waals surface area contributed by atoms with Gasteiger partial charge in [-0.2, -0.15) is 0 Å². The third kappa shape index (κ3) is 2.94. The van der Waals surface area contributed by atoms with E-state index in [1.54, 1.807) is 24.3 Å². The van der Waals surface area contributed by atoms with E-state index in [4.69, 9.17) is 0 Å². The molecule has 0 radical (unpaired) electrons. The Kier molecular flexibility index (Phi) is 4.34. The highest BCUT2D eigenvalue weighted by atomic mass is 32.2. The fraction of sp³-hybridized carbons (Fsp3) is 0.300. The van der Waals surface area contributed by atoms with Crippen LogP contribution in [-0.2, 0) is 16.6 Å². The summed E-state index contributed by atoms with van der Waals surface area (Å²) in [7, 11) is -3.67. The molecule has 4 rings (SSSR count). The van der Waals surface area contributed by atoms with Crippen molar-refractivity contribution in [2.24, 2.45) is 5.92 Å². The van der Waals surface area contributed by atoms with E-state index in [9.17, 15) is 13.5 Å². The number of rotatable bonds is 4. The number of aryl methyl sites for hydroxylation is 2. The van der Waals surface area contributed by atoms with E-state index < -0.39 is 16.1 Å². The number of para-hydroxylation sites is 1. The van der Waals surface area contributed by atoms with Gasteiger partial charge in [0.05, 0.1) is 10.9 Å². The highest BCUT2D eigenvalue weighted by Crippen LogP contribution is 2.36. The molecule has 26 heavy (non-hydrogen) atoms. The molecular weight excluding hydrogens is 348 g/mol. The van der Waals surface area contributed by atoms with Crippen molar-refractivity contribution < 1.29 is 13.5 Å². The van der Waals surface area contributed by atoms with E-state index in [1.807, 2.05) is 37.3 Å². The van der Waals surface area contributed by atoms with Crippen molar-refractivity contribution >= 4 is 20.9 Å². The van der Waals surface area contributed by atoms with Crippen LogP contribution in [-0.4, -0.2) is 24.7 Å². The fourth-order valence-electron chi connectivity index (χ4n) is 3.75. The van der Waals surface area contributed by atoms with E-state index in [0.29, 0.717) is 0 Å². The van der Waals surface area contributed by atoms with E-state index in [2.05, 4.69) is 9.29 Å².